The first-order valence-corrected chi connectivity index (χ1v) is 8.73. The summed E-state index contributed by atoms with van der Waals surface area (Å²) in [5.74, 6) is -0.0699. The Kier molecular flexibility index (Phi) is 9.94. The molecule has 0 saturated heterocycles. The Hall–Kier alpha value is -1.05. The molecular weight excluding hydrogens is 260 g/mol. The lowest BCUT2D eigenvalue weighted by Gasteiger charge is -2.20. The topological polar surface area (TPSA) is 26.3 Å². The maximum atomic E-state index is 12.0. The molecule has 2 nitrogen and oxygen atoms in total. The summed E-state index contributed by atoms with van der Waals surface area (Å²) < 4.78 is 4.98. The lowest BCUT2D eigenvalue weighted by Crippen LogP contribution is -2.19. The molecule has 0 spiro atoms. The molecule has 1 rings (SSSR count). The van der Waals surface area contributed by atoms with E-state index < -0.39 is 0 Å². The molecule has 0 N–H and O–H groups in total. The molecule has 1 unspecified atom stereocenters. The molecule has 1 aliphatic rings. The number of methoxy groups -OCH3 is 1. The van der Waals surface area contributed by atoms with E-state index in [4.69, 9.17) is 4.74 Å². The summed E-state index contributed by atoms with van der Waals surface area (Å²) in [7, 11) is 1.50. The maximum absolute atomic E-state index is 12.0. The van der Waals surface area contributed by atoms with Gasteiger partial charge in [0.15, 0.2) is 0 Å². The van der Waals surface area contributed by atoms with Crippen LogP contribution in [0.4, 0.5) is 0 Å². The Bertz CT molecular complexity index is 341. The van der Waals surface area contributed by atoms with E-state index in [1.165, 1.54) is 57.6 Å². The van der Waals surface area contributed by atoms with Crippen molar-refractivity contribution in [1.82, 2.24) is 0 Å². The van der Waals surface area contributed by atoms with Crippen LogP contribution in [0.25, 0.3) is 0 Å². The Labute approximate surface area is 130 Å². The van der Waals surface area contributed by atoms with E-state index in [0.717, 1.165) is 25.7 Å². The molecule has 0 heterocycles. The molecule has 0 aromatic heterocycles. The van der Waals surface area contributed by atoms with Crippen molar-refractivity contribution in [3.63, 3.8) is 0 Å². The number of esters is 1. The van der Waals surface area contributed by atoms with Gasteiger partial charge < -0.3 is 4.74 Å². The normalized spacial score (nSPS) is 22.2. The molecule has 1 aliphatic carbocycles. The number of hydrogen-bond acceptors (Lipinski definition) is 2. The first-order chi connectivity index (χ1) is 10.3. The van der Waals surface area contributed by atoms with Gasteiger partial charge in [-0.15, -0.1) is 0 Å². The van der Waals surface area contributed by atoms with Gasteiger partial charge in [-0.2, -0.15) is 0 Å². The Morgan fingerprint density at radius 3 is 2.76 bits per heavy atom. The van der Waals surface area contributed by atoms with Gasteiger partial charge in [0.1, 0.15) is 0 Å². The first kappa shape index (κ1) is 18.0. The van der Waals surface area contributed by atoms with Crippen LogP contribution < -0.4 is 0 Å². The summed E-state index contributed by atoms with van der Waals surface area (Å²) >= 11 is 0. The Morgan fingerprint density at radius 2 is 2.00 bits per heavy atom. The van der Waals surface area contributed by atoms with Gasteiger partial charge in [-0.1, -0.05) is 69.2 Å². The molecule has 0 aromatic carbocycles. The van der Waals surface area contributed by atoms with Crippen molar-refractivity contribution in [2.24, 2.45) is 5.92 Å². The lowest BCUT2D eigenvalue weighted by molar-refractivity contribution is -0.144. The average Bonchev–Trinajstić information content (AvgIpc) is 2.47. The molecule has 0 amide bonds. The standard InChI is InChI=1S/C19H32O2/c1-3-4-5-6-7-8-11-14-17-15-12-9-10-13-16-18(17)19(20)21-2/h8,11,14,18H,3-7,9-10,12-13,15-16H2,1-2H3. The van der Waals surface area contributed by atoms with Crippen LogP contribution in [0.3, 0.4) is 0 Å². The van der Waals surface area contributed by atoms with E-state index in [-0.39, 0.29) is 11.9 Å². The number of allylic oxidation sites excluding steroid dienone is 3. The van der Waals surface area contributed by atoms with E-state index in [2.05, 4.69) is 25.2 Å². The van der Waals surface area contributed by atoms with E-state index in [0.29, 0.717) is 0 Å². The second kappa shape index (κ2) is 11.6. The minimum absolute atomic E-state index is 0.0139. The van der Waals surface area contributed by atoms with Crippen molar-refractivity contribution in [2.45, 2.75) is 77.6 Å². The van der Waals surface area contributed by atoms with Crippen LogP contribution in [-0.4, -0.2) is 13.1 Å². The van der Waals surface area contributed by atoms with Crippen molar-refractivity contribution in [1.29, 1.82) is 0 Å². The minimum Gasteiger partial charge on any atom is -0.469 e. The molecule has 1 atom stereocenters. The molecule has 0 bridgehead atoms. The molecule has 0 aliphatic heterocycles. The third-order valence-electron chi connectivity index (χ3n) is 4.31. The number of ether oxygens (including phenoxy) is 1. The van der Waals surface area contributed by atoms with E-state index >= 15 is 0 Å². The summed E-state index contributed by atoms with van der Waals surface area (Å²) in [5.41, 5.74) is 1.27. The monoisotopic (exact) mass is 292 g/mol. The number of hydrogen-bond donors (Lipinski definition) is 0. The van der Waals surface area contributed by atoms with E-state index in [9.17, 15) is 4.79 Å². The van der Waals surface area contributed by atoms with Crippen molar-refractivity contribution in [3.8, 4) is 0 Å². The van der Waals surface area contributed by atoms with Crippen LogP contribution >= 0.6 is 0 Å². The van der Waals surface area contributed by atoms with Crippen molar-refractivity contribution >= 4 is 5.97 Å². The van der Waals surface area contributed by atoms with Gasteiger partial charge in [0.2, 0.25) is 0 Å². The van der Waals surface area contributed by atoms with Crippen LogP contribution in [0.1, 0.15) is 77.6 Å². The van der Waals surface area contributed by atoms with Crippen LogP contribution in [0.5, 0.6) is 0 Å². The summed E-state index contributed by atoms with van der Waals surface area (Å²) in [4.78, 5) is 12.0. The zero-order valence-corrected chi connectivity index (χ0v) is 13.9. The average molecular weight is 292 g/mol. The lowest BCUT2D eigenvalue weighted by atomic mass is 9.86. The maximum Gasteiger partial charge on any atom is 0.312 e. The zero-order valence-electron chi connectivity index (χ0n) is 13.9. The minimum atomic E-state index is -0.0560. The molecule has 0 radical (unpaired) electrons. The van der Waals surface area contributed by atoms with Crippen molar-refractivity contribution in [2.75, 3.05) is 7.11 Å². The van der Waals surface area contributed by atoms with Gasteiger partial charge in [-0.25, -0.2) is 0 Å². The fourth-order valence-corrected chi connectivity index (χ4v) is 2.98. The molecule has 0 aromatic rings. The second-order valence-corrected chi connectivity index (χ2v) is 6.05. The Morgan fingerprint density at radius 1 is 1.19 bits per heavy atom. The third-order valence-corrected chi connectivity index (χ3v) is 4.31. The molecule has 120 valence electrons. The number of unbranched alkanes of at least 4 members (excludes halogenated alkanes) is 4. The SMILES string of the molecule is CCCCCCC=CC=C1CCCCCCC1C(=O)OC. The summed E-state index contributed by atoms with van der Waals surface area (Å²) in [6.45, 7) is 2.24. The van der Waals surface area contributed by atoms with E-state index in [1.54, 1.807) is 0 Å². The predicted molar refractivity (Wildman–Crippen MR) is 89.2 cm³/mol. The predicted octanol–water partition coefficient (Wildman–Crippen LogP) is 5.58. The number of rotatable bonds is 7. The highest BCUT2D eigenvalue weighted by atomic mass is 16.5. The highest BCUT2D eigenvalue weighted by Gasteiger charge is 2.23. The van der Waals surface area contributed by atoms with E-state index in [1.807, 2.05) is 0 Å². The van der Waals surface area contributed by atoms with Crippen molar-refractivity contribution < 1.29 is 9.53 Å². The molecule has 2 heteroatoms. The third kappa shape index (κ3) is 7.50. The summed E-state index contributed by atoms with van der Waals surface area (Å²) in [6.07, 6.45) is 19.8. The molecular formula is C19H32O2. The van der Waals surface area contributed by atoms with Crippen LogP contribution in [-0.2, 0) is 9.53 Å². The molecule has 1 saturated carbocycles. The largest absolute Gasteiger partial charge is 0.469 e. The second-order valence-electron chi connectivity index (χ2n) is 6.05. The Balaban J connectivity index is 2.53. The van der Waals surface area contributed by atoms with Crippen LogP contribution in [0.15, 0.2) is 23.8 Å². The highest BCUT2D eigenvalue weighted by molar-refractivity contribution is 5.75. The van der Waals surface area contributed by atoms with Crippen molar-refractivity contribution in [3.05, 3.63) is 23.8 Å². The zero-order chi connectivity index (χ0) is 15.3. The smallest absolute Gasteiger partial charge is 0.312 e. The van der Waals surface area contributed by atoms with Gasteiger partial charge in [0.25, 0.3) is 0 Å². The van der Waals surface area contributed by atoms with Gasteiger partial charge in [0.05, 0.1) is 13.0 Å². The van der Waals surface area contributed by atoms with Crippen LogP contribution in [0, 0.1) is 5.92 Å². The first-order valence-electron chi connectivity index (χ1n) is 8.73. The number of carbonyl (C=O) groups excluding carboxylic acids is 1. The summed E-state index contributed by atoms with van der Waals surface area (Å²) in [5, 5.41) is 0. The van der Waals surface area contributed by atoms with Gasteiger partial charge in [0, 0.05) is 0 Å². The fourth-order valence-electron chi connectivity index (χ4n) is 2.98. The van der Waals surface area contributed by atoms with Gasteiger partial charge >= 0.3 is 5.97 Å². The molecule has 1 fully saturated rings. The van der Waals surface area contributed by atoms with Crippen LogP contribution in [0.2, 0.25) is 0 Å². The molecule has 21 heavy (non-hydrogen) atoms. The number of carbonyl (C=O) groups is 1. The van der Waals surface area contributed by atoms with Gasteiger partial charge in [-0.05, 0) is 32.1 Å². The summed E-state index contributed by atoms with van der Waals surface area (Å²) in [6, 6.07) is 0. The fraction of sp³-hybridized carbons (Fsp3) is 0.737. The quantitative estimate of drug-likeness (QED) is 0.452. The van der Waals surface area contributed by atoms with Gasteiger partial charge in [-0.3, -0.25) is 4.79 Å². The highest BCUT2D eigenvalue weighted by Crippen LogP contribution is 2.28.